The topological polar surface area (TPSA) is 81.8 Å². The van der Waals surface area contributed by atoms with Crippen LogP contribution in [0.1, 0.15) is 35.2 Å². The Kier molecular flexibility index (Phi) is 6.21. The molecule has 23 heavy (non-hydrogen) atoms. The van der Waals surface area contributed by atoms with Crippen LogP contribution in [0, 0.1) is 11.8 Å². The van der Waals surface area contributed by atoms with E-state index in [-0.39, 0.29) is 24.7 Å². The molecular formula is C17H17NO5. The van der Waals surface area contributed by atoms with Crippen LogP contribution < -0.4 is 4.74 Å². The van der Waals surface area contributed by atoms with Gasteiger partial charge in [0.15, 0.2) is 5.69 Å². The van der Waals surface area contributed by atoms with Crippen LogP contribution in [0.3, 0.4) is 0 Å². The monoisotopic (exact) mass is 315 g/mol. The van der Waals surface area contributed by atoms with E-state index in [1.807, 2.05) is 12.1 Å². The summed E-state index contributed by atoms with van der Waals surface area (Å²) in [6.07, 6.45) is 0.593. The molecule has 0 amide bonds. The molecule has 0 spiro atoms. The lowest BCUT2D eigenvalue weighted by Crippen LogP contribution is -2.04. The second kappa shape index (κ2) is 8.61. The molecular weight excluding hydrogens is 298 g/mol. The minimum absolute atomic E-state index is 0.101. The number of rotatable bonds is 6. The van der Waals surface area contributed by atoms with Crippen molar-refractivity contribution >= 4 is 5.97 Å². The molecule has 120 valence electrons. The first-order valence-electron chi connectivity index (χ1n) is 7.22. The average Bonchev–Trinajstić information content (AvgIpc) is 3.04. The summed E-state index contributed by atoms with van der Waals surface area (Å²) in [4.78, 5) is 11.5. The van der Waals surface area contributed by atoms with Crippen LogP contribution in [0.4, 0.5) is 0 Å². The Balaban J connectivity index is 1.97. The van der Waals surface area contributed by atoms with Crippen LogP contribution in [0.2, 0.25) is 0 Å². The van der Waals surface area contributed by atoms with Gasteiger partial charge in [0.1, 0.15) is 5.75 Å². The van der Waals surface area contributed by atoms with Crippen molar-refractivity contribution in [3.8, 4) is 17.6 Å². The SMILES string of the molecule is CCOC(=O)c1cc(C#Cc2ccc(OCCCO)cc2)on1. The van der Waals surface area contributed by atoms with E-state index in [0.717, 1.165) is 5.56 Å². The van der Waals surface area contributed by atoms with Crippen LogP contribution >= 0.6 is 0 Å². The number of carbonyl (C=O) groups is 1. The van der Waals surface area contributed by atoms with E-state index >= 15 is 0 Å². The lowest BCUT2D eigenvalue weighted by Gasteiger charge is -2.04. The van der Waals surface area contributed by atoms with Crippen LogP contribution in [-0.2, 0) is 4.74 Å². The van der Waals surface area contributed by atoms with Crippen molar-refractivity contribution in [2.24, 2.45) is 0 Å². The van der Waals surface area contributed by atoms with Gasteiger partial charge in [-0.3, -0.25) is 0 Å². The lowest BCUT2D eigenvalue weighted by atomic mass is 10.2. The fourth-order valence-electron chi connectivity index (χ4n) is 1.66. The standard InChI is InChI=1S/C17H17NO5/c1-2-21-17(20)16-12-15(23-18-16)9-6-13-4-7-14(8-5-13)22-11-3-10-19/h4-5,7-8,12,19H,2-3,10-11H2,1H3. The molecule has 0 aliphatic carbocycles. The highest BCUT2D eigenvalue weighted by Crippen LogP contribution is 2.12. The molecule has 1 N–H and O–H groups in total. The largest absolute Gasteiger partial charge is 0.494 e. The highest BCUT2D eigenvalue weighted by Gasteiger charge is 2.12. The fraction of sp³-hybridized carbons (Fsp3) is 0.294. The average molecular weight is 315 g/mol. The van der Waals surface area contributed by atoms with Gasteiger partial charge in [-0.2, -0.15) is 0 Å². The molecule has 2 rings (SSSR count). The van der Waals surface area contributed by atoms with Crippen molar-refractivity contribution in [1.82, 2.24) is 5.16 Å². The molecule has 0 aliphatic heterocycles. The van der Waals surface area contributed by atoms with E-state index in [4.69, 9.17) is 19.1 Å². The third-order valence-corrected chi connectivity index (χ3v) is 2.75. The Labute approximate surface area is 134 Å². The first-order valence-corrected chi connectivity index (χ1v) is 7.22. The number of aliphatic hydroxyl groups excluding tert-OH is 1. The lowest BCUT2D eigenvalue weighted by molar-refractivity contribution is 0.0514. The zero-order valence-corrected chi connectivity index (χ0v) is 12.7. The molecule has 6 heteroatoms. The Hall–Kier alpha value is -2.78. The van der Waals surface area contributed by atoms with Gasteiger partial charge in [0.2, 0.25) is 5.76 Å². The Morgan fingerprint density at radius 1 is 1.30 bits per heavy atom. The Morgan fingerprint density at radius 3 is 2.78 bits per heavy atom. The summed E-state index contributed by atoms with van der Waals surface area (Å²) in [6, 6.07) is 8.66. The van der Waals surface area contributed by atoms with Gasteiger partial charge in [-0.05, 0) is 37.1 Å². The van der Waals surface area contributed by atoms with Crippen molar-refractivity contribution in [3.05, 3.63) is 47.3 Å². The second-order valence-corrected chi connectivity index (χ2v) is 4.50. The molecule has 0 saturated carbocycles. The van der Waals surface area contributed by atoms with Gasteiger partial charge in [-0.15, -0.1) is 0 Å². The van der Waals surface area contributed by atoms with Crippen molar-refractivity contribution in [2.45, 2.75) is 13.3 Å². The predicted octanol–water partition coefficient (Wildman–Crippen LogP) is 2.01. The van der Waals surface area contributed by atoms with E-state index in [9.17, 15) is 4.79 Å². The zero-order valence-electron chi connectivity index (χ0n) is 12.7. The van der Waals surface area contributed by atoms with E-state index in [1.165, 1.54) is 6.07 Å². The van der Waals surface area contributed by atoms with Gasteiger partial charge >= 0.3 is 5.97 Å². The number of aromatic nitrogens is 1. The maximum Gasteiger partial charge on any atom is 0.360 e. The summed E-state index contributed by atoms with van der Waals surface area (Å²) in [5.74, 6) is 6.17. The Morgan fingerprint density at radius 2 is 2.09 bits per heavy atom. The van der Waals surface area contributed by atoms with E-state index in [1.54, 1.807) is 19.1 Å². The smallest absolute Gasteiger partial charge is 0.360 e. The third-order valence-electron chi connectivity index (χ3n) is 2.75. The predicted molar refractivity (Wildman–Crippen MR) is 82.1 cm³/mol. The summed E-state index contributed by atoms with van der Waals surface area (Å²) >= 11 is 0. The number of ether oxygens (including phenoxy) is 2. The van der Waals surface area contributed by atoms with E-state index in [0.29, 0.717) is 18.8 Å². The molecule has 1 aromatic heterocycles. The minimum Gasteiger partial charge on any atom is -0.494 e. The van der Waals surface area contributed by atoms with Crippen molar-refractivity contribution in [1.29, 1.82) is 0 Å². The molecule has 1 heterocycles. The van der Waals surface area contributed by atoms with Gasteiger partial charge in [-0.1, -0.05) is 11.1 Å². The second-order valence-electron chi connectivity index (χ2n) is 4.50. The number of hydrogen-bond acceptors (Lipinski definition) is 6. The van der Waals surface area contributed by atoms with Crippen molar-refractivity contribution < 1.29 is 23.9 Å². The number of aliphatic hydroxyl groups is 1. The summed E-state index contributed by atoms with van der Waals surface area (Å²) in [7, 11) is 0. The molecule has 0 saturated heterocycles. The van der Waals surface area contributed by atoms with Gasteiger partial charge in [0.25, 0.3) is 0 Å². The molecule has 0 radical (unpaired) electrons. The van der Waals surface area contributed by atoms with Crippen LogP contribution in [0.15, 0.2) is 34.9 Å². The summed E-state index contributed by atoms with van der Waals surface area (Å²) in [5, 5.41) is 12.3. The van der Waals surface area contributed by atoms with Crippen LogP contribution in [0.25, 0.3) is 0 Å². The van der Waals surface area contributed by atoms with E-state index in [2.05, 4.69) is 17.0 Å². The quantitative estimate of drug-likeness (QED) is 0.499. The Bertz CT molecular complexity index is 694. The van der Waals surface area contributed by atoms with Crippen LogP contribution in [-0.4, -0.2) is 36.1 Å². The highest BCUT2D eigenvalue weighted by molar-refractivity contribution is 5.87. The summed E-state index contributed by atoms with van der Waals surface area (Å²) in [6.45, 7) is 2.57. The molecule has 6 nitrogen and oxygen atoms in total. The first kappa shape index (κ1) is 16.6. The van der Waals surface area contributed by atoms with Crippen LogP contribution in [0.5, 0.6) is 5.75 Å². The molecule has 0 aliphatic rings. The molecule has 0 atom stereocenters. The minimum atomic E-state index is -0.534. The van der Waals surface area contributed by atoms with Crippen molar-refractivity contribution in [2.75, 3.05) is 19.8 Å². The van der Waals surface area contributed by atoms with Gasteiger partial charge in [0.05, 0.1) is 13.2 Å². The summed E-state index contributed by atoms with van der Waals surface area (Å²) in [5.41, 5.74) is 0.873. The molecule has 0 unspecified atom stereocenters. The number of nitrogens with zero attached hydrogens (tertiary/aromatic N) is 1. The normalized spacial score (nSPS) is 9.83. The maximum absolute atomic E-state index is 11.5. The highest BCUT2D eigenvalue weighted by atomic mass is 16.5. The molecule has 1 aromatic carbocycles. The zero-order chi connectivity index (χ0) is 16.5. The number of benzene rings is 1. The van der Waals surface area contributed by atoms with Gasteiger partial charge in [0, 0.05) is 24.7 Å². The number of esters is 1. The summed E-state index contributed by atoms with van der Waals surface area (Å²) < 4.78 is 15.2. The number of hydrogen-bond donors (Lipinski definition) is 1. The first-order chi connectivity index (χ1) is 11.2. The fourth-order valence-corrected chi connectivity index (χ4v) is 1.66. The third kappa shape index (κ3) is 5.16. The molecule has 0 fully saturated rings. The van der Waals surface area contributed by atoms with E-state index < -0.39 is 5.97 Å². The maximum atomic E-state index is 11.5. The van der Waals surface area contributed by atoms with Gasteiger partial charge in [-0.25, -0.2) is 4.79 Å². The number of carbonyl (C=O) groups excluding carboxylic acids is 1. The van der Waals surface area contributed by atoms with Gasteiger partial charge < -0.3 is 19.1 Å². The molecule has 2 aromatic rings. The van der Waals surface area contributed by atoms with Crippen molar-refractivity contribution in [3.63, 3.8) is 0 Å². The molecule has 0 bridgehead atoms.